The third kappa shape index (κ3) is 3.48. The third-order valence-corrected chi connectivity index (χ3v) is 3.60. The zero-order valence-corrected chi connectivity index (χ0v) is 11.3. The van der Waals surface area contributed by atoms with Crippen LogP contribution in [0.4, 0.5) is 13.2 Å². The highest BCUT2D eigenvalue weighted by Crippen LogP contribution is 2.26. The Labute approximate surface area is 111 Å². The van der Waals surface area contributed by atoms with Gasteiger partial charge in [-0.15, -0.1) is 0 Å². The Bertz CT molecular complexity index is 433. The Morgan fingerprint density at radius 2 is 1.89 bits per heavy atom. The van der Waals surface area contributed by atoms with Crippen molar-refractivity contribution in [1.82, 2.24) is 10.2 Å². The van der Waals surface area contributed by atoms with Crippen molar-refractivity contribution >= 4 is 0 Å². The van der Waals surface area contributed by atoms with E-state index in [0.717, 1.165) is 38.2 Å². The van der Waals surface area contributed by atoms with Crippen molar-refractivity contribution in [1.29, 1.82) is 0 Å². The molecule has 0 bridgehead atoms. The summed E-state index contributed by atoms with van der Waals surface area (Å²) in [6, 6.07) is 2.12. The van der Waals surface area contributed by atoms with Gasteiger partial charge < -0.3 is 10.2 Å². The lowest BCUT2D eigenvalue weighted by molar-refractivity contribution is 0.203. The van der Waals surface area contributed by atoms with Crippen molar-refractivity contribution < 1.29 is 13.2 Å². The molecule has 106 valence electrons. The second-order valence-corrected chi connectivity index (χ2v) is 5.78. The van der Waals surface area contributed by atoms with Crippen LogP contribution in [0.25, 0.3) is 0 Å². The van der Waals surface area contributed by atoms with Crippen molar-refractivity contribution in [3.8, 4) is 0 Å². The quantitative estimate of drug-likeness (QED) is 0.847. The fourth-order valence-corrected chi connectivity index (χ4v) is 2.72. The second-order valence-electron chi connectivity index (χ2n) is 5.78. The van der Waals surface area contributed by atoms with Gasteiger partial charge in [0.25, 0.3) is 0 Å². The van der Waals surface area contributed by atoms with E-state index in [2.05, 4.69) is 12.2 Å². The lowest BCUT2D eigenvalue weighted by Gasteiger charge is -2.29. The van der Waals surface area contributed by atoms with Gasteiger partial charge in [0.2, 0.25) is 0 Å². The average Bonchev–Trinajstić information content (AvgIpc) is 2.72. The van der Waals surface area contributed by atoms with E-state index in [1.165, 1.54) is 0 Å². The third-order valence-electron chi connectivity index (χ3n) is 3.60. The van der Waals surface area contributed by atoms with Gasteiger partial charge in [0.05, 0.1) is 0 Å². The van der Waals surface area contributed by atoms with E-state index in [-0.39, 0.29) is 5.41 Å². The van der Waals surface area contributed by atoms with E-state index in [4.69, 9.17) is 0 Å². The predicted octanol–water partition coefficient (Wildman–Crippen LogP) is 2.54. The van der Waals surface area contributed by atoms with Crippen molar-refractivity contribution in [2.45, 2.75) is 19.9 Å². The highest BCUT2D eigenvalue weighted by atomic mass is 19.2. The summed E-state index contributed by atoms with van der Waals surface area (Å²) in [4.78, 5) is 2.01. The standard InChI is InChI=1S/C14H19F3N2/c1-14(3-4-18-8-14)9-19(2)7-10-5-11(15)13(17)12(16)6-10/h5-6,18H,3-4,7-9H2,1-2H3. The van der Waals surface area contributed by atoms with E-state index < -0.39 is 17.5 Å². The molecule has 1 fully saturated rings. The highest BCUT2D eigenvalue weighted by molar-refractivity contribution is 5.19. The Balaban J connectivity index is 2.00. The molecule has 19 heavy (non-hydrogen) atoms. The van der Waals surface area contributed by atoms with Crippen LogP contribution in [-0.4, -0.2) is 31.6 Å². The molecule has 5 heteroatoms. The smallest absolute Gasteiger partial charge is 0.194 e. The maximum atomic E-state index is 13.1. The summed E-state index contributed by atoms with van der Waals surface area (Å²) in [5.74, 6) is -3.66. The molecule has 1 atom stereocenters. The molecule has 1 aliphatic heterocycles. The SMILES string of the molecule is CN(Cc1cc(F)c(F)c(F)c1)CC1(C)CCNC1. The van der Waals surface area contributed by atoms with Crippen LogP contribution in [0.2, 0.25) is 0 Å². The predicted molar refractivity (Wildman–Crippen MR) is 68.2 cm³/mol. The first-order valence-corrected chi connectivity index (χ1v) is 6.42. The van der Waals surface area contributed by atoms with Crippen molar-refractivity contribution in [2.24, 2.45) is 5.41 Å². The summed E-state index contributed by atoms with van der Waals surface area (Å²) in [5.41, 5.74) is 0.639. The van der Waals surface area contributed by atoms with Crippen LogP contribution in [0.1, 0.15) is 18.9 Å². The molecule has 0 aliphatic carbocycles. The van der Waals surface area contributed by atoms with E-state index in [1.807, 2.05) is 11.9 Å². The van der Waals surface area contributed by atoms with Gasteiger partial charge in [0, 0.05) is 19.6 Å². The Kier molecular flexibility index (Phi) is 4.16. The molecule has 0 amide bonds. The molecule has 0 radical (unpaired) electrons. The van der Waals surface area contributed by atoms with Crippen molar-refractivity contribution in [3.05, 3.63) is 35.1 Å². The van der Waals surface area contributed by atoms with Crippen LogP contribution in [-0.2, 0) is 6.54 Å². The number of halogens is 3. The minimum atomic E-state index is -1.40. The number of hydrogen-bond acceptors (Lipinski definition) is 2. The van der Waals surface area contributed by atoms with Crippen molar-refractivity contribution in [3.63, 3.8) is 0 Å². The molecule has 0 saturated carbocycles. The molecule has 1 aromatic carbocycles. The normalized spacial score (nSPS) is 23.3. The summed E-state index contributed by atoms with van der Waals surface area (Å²) < 4.78 is 39.1. The Morgan fingerprint density at radius 1 is 1.26 bits per heavy atom. The van der Waals surface area contributed by atoms with Gasteiger partial charge >= 0.3 is 0 Å². The Hall–Kier alpha value is -1.07. The molecule has 1 saturated heterocycles. The lowest BCUT2D eigenvalue weighted by Crippen LogP contribution is -2.34. The van der Waals surface area contributed by atoms with Crippen LogP contribution < -0.4 is 5.32 Å². The van der Waals surface area contributed by atoms with Gasteiger partial charge in [0.1, 0.15) is 0 Å². The summed E-state index contributed by atoms with van der Waals surface area (Å²) in [6.45, 7) is 5.38. The molecular formula is C14H19F3N2. The molecule has 2 rings (SSSR count). The zero-order chi connectivity index (χ0) is 14.0. The number of benzene rings is 1. The highest BCUT2D eigenvalue weighted by Gasteiger charge is 2.29. The van der Waals surface area contributed by atoms with Gasteiger partial charge in [-0.2, -0.15) is 0 Å². The maximum Gasteiger partial charge on any atom is 0.194 e. The van der Waals surface area contributed by atoms with E-state index in [9.17, 15) is 13.2 Å². The number of rotatable bonds is 4. The number of nitrogens with zero attached hydrogens (tertiary/aromatic N) is 1. The first-order chi connectivity index (χ1) is 8.89. The van der Waals surface area contributed by atoms with Crippen LogP contribution in [0, 0.1) is 22.9 Å². The van der Waals surface area contributed by atoms with E-state index in [1.54, 1.807) is 0 Å². The molecular weight excluding hydrogens is 253 g/mol. The van der Waals surface area contributed by atoms with Gasteiger partial charge in [-0.25, -0.2) is 13.2 Å². The zero-order valence-electron chi connectivity index (χ0n) is 11.3. The van der Waals surface area contributed by atoms with Crippen LogP contribution >= 0.6 is 0 Å². The lowest BCUT2D eigenvalue weighted by atomic mass is 9.89. The van der Waals surface area contributed by atoms with Crippen LogP contribution in [0.3, 0.4) is 0 Å². The molecule has 1 unspecified atom stereocenters. The van der Waals surface area contributed by atoms with Crippen molar-refractivity contribution in [2.75, 3.05) is 26.7 Å². The van der Waals surface area contributed by atoms with Gasteiger partial charge in [0.15, 0.2) is 17.5 Å². The second kappa shape index (κ2) is 5.51. The largest absolute Gasteiger partial charge is 0.316 e. The molecule has 0 aromatic heterocycles. The molecule has 0 spiro atoms. The van der Waals surface area contributed by atoms with E-state index in [0.29, 0.717) is 12.1 Å². The molecule has 1 aromatic rings. The summed E-state index contributed by atoms with van der Waals surface area (Å²) in [5, 5.41) is 3.31. The van der Waals surface area contributed by atoms with Crippen LogP contribution in [0.5, 0.6) is 0 Å². The first-order valence-electron chi connectivity index (χ1n) is 6.42. The fourth-order valence-electron chi connectivity index (χ4n) is 2.72. The minimum Gasteiger partial charge on any atom is -0.316 e. The van der Waals surface area contributed by atoms with E-state index >= 15 is 0 Å². The fraction of sp³-hybridized carbons (Fsp3) is 0.571. The monoisotopic (exact) mass is 272 g/mol. The van der Waals surface area contributed by atoms with Gasteiger partial charge in [-0.3, -0.25) is 0 Å². The Morgan fingerprint density at radius 3 is 2.42 bits per heavy atom. The average molecular weight is 272 g/mol. The summed E-state index contributed by atoms with van der Waals surface area (Å²) in [6.07, 6.45) is 1.09. The summed E-state index contributed by atoms with van der Waals surface area (Å²) in [7, 11) is 1.91. The van der Waals surface area contributed by atoms with Crippen LogP contribution in [0.15, 0.2) is 12.1 Å². The van der Waals surface area contributed by atoms with Gasteiger partial charge in [-0.1, -0.05) is 6.92 Å². The number of hydrogen-bond donors (Lipinski definition) is 1. The molecule has 1 heterocycles. The minimum absolute atomic E-state index is 0.186. The summed E-state index contributed by atoms with van der Waals surface area (Å²) >= 11 is 0. The maximum absolute atomic E-state index is 13.1. The number of nitrogens with one attached hydrogen (secondary N) is 1. The first kappa shape index (κ1) is 14.3. The molecule has 1 N–H and O–H groups in total. The van der Waals surface area contributed by atoms with Gasteiger partial charge in [-0.05, 0) is 43.1 Å². The topological polar surface area (TPSA) is 15.3 Å². The molecule has 1 aliphatic rings. The molecule has 2 nitrogen and oxygen atoms in total.